The Morgan fingerprint density at radius 1 is 1.20 bits per heavy atom. The van der Waals surface area contributed by atoms with Gasteiger partial charge in [-0.05, 0) is 36.4 Å². The number of aromatic hydroxyl groups is 1. The quantitative estimate of drug-likeness (QED) is 0.830. The highest BCUT2D eigenvalue weighted by Gasteiger charge is 2.06. The predicted octanol–water partition coefficient (Wildman–Crippen LogP) is 3.13. The first-order valence-electron chi connectivity index (χ1n) is 6.04. The van der Waals surface area contributed by atoms with Crippen LogP contribution in [0.1, 0.15) is 0 Å². The Bertz CT molecular complexity index is 584. The summed E-state index contributed by atoms with van der Waals surface area (Å²) in [6.07, 6.45) is 0. The lowest BCUT2D eigenvalue weighted by atomic mass is 10.3. The van der Waals surface area contributed by atoms with Crippen LogP contribution in [0.2, 0.25) is 0 Å². The van der Waals surface area contributed by atoms with Crippen molar-refractivity contribution in [1.29, 1.82) is 0 Å². The molecule has 0 heterocycles. The molecule has 0 bridgehead atoms. The number of hydrogen-bond donors (Lipinski definition) is 2. The number of anilines is 1. The zero-order chi connectivity index (χ0) is 14.4. The third-order valence-electron chi connectivity index (χ3n) is 2.60. The van der Waals surface area contributed by atoms with Gasteiger partial charge in [0.2, 0.25) is 5.91 Å². The van der Waals surface area contributed by atoms with Gasteiger partial charge in [-0.2, -0.15) is 0 Å². The third kappa shape index (κ3) is 3.93. The van der Waals surface area contributed by atoms with Crippen LogP contribution >= 0.6 is 11.8 Å². The summed E-state index contributed by atoms with van der Waals surface area (Å²) >= 11 is 1.30. The number of nitrogens with one attached hydrogen (secondary N) is 1. The SMILES string of the molecule is COc1ccc(NC(=O)CSc2ccccc2O)cc1. The lowest BCUT2D eigenvalue weighted by Crippen LogP contribution is -2.13. The summed E-state index contributed by atoms with van der Waals surface area (Å²) in [5.41, 5.74) is 0.716. The zero-order valence-electron chi connectivity index (χ0n) is 11.0. The van der Waals surface area contributed by atoms with Crippen molar-refractivity contribution in [3.05, 3.63) is 48.5 Å². The minimum absolute atomic E-state index is 0.122. The topological polar surface area (TPSA) is 58.6 Å². The normalized spacial score (nSPS) is 10.1. The number of ether oxygens (including phenoxy) is 1. The molecule has 0 aromatic heterocycles. The maximum absolute atomic E-state index is 11.8. The molecule has 0 spiro atoms. The number of rotatable bonds is 5. The van der Waals surface area contributed by atoms with Gasteiger partial charge in [0, 0.05) is 10.6 Å². The molecule has 5 heteroatoms. The third-order valence-corrected chi connectivity index (χ3v) is 3.66. The first kappa shape index (κ1) is 14.3. The maximum atomic E-state index is 11.8. The second-order valence-electron chi connectivity index (χ2n) is 4.03. The number of para-hydroxylation sites is 1. The minimum atomic E-state index is -0.122. The van der Waals surface area contributed by atoms with E-state index in [0.717, 1.165) is 5.75 Å². The number of hydrogen-bond acceptors (Lipinski definition) is 4. The van der Waals surface area contributed by atoms with Gasteiger partial charge in [-0.1, -0.05) is 12.1 Å². The van der Waals surface area contributed by atoms with E-state index in [1.54, 1.807) is 49.6 Å². The van der Waals surface area contributed by atoms with Crippen LogP contribution in [0.5, 0.6) is 11.5 Å². The number of methoxy groups -OCH3 is 1. The Balaban J connectivity index is 1.87. The van der Waals surface area contributed by atoms with Gasteiger partial charge in [0.1, 0.15) is 11.5 Å². The van der Waals surface area contributed by atoms with E-state index in [0.29, 0.717) is 10.6 Å². The average molecular weight is 289 g/mol. The molecule has 0 atom stereocenters. The summed E-state index contributed by atoms with van der Waals surface area (Å²) in [4.78, 5) is 12.5. The molecule has 2 rings (SSSR count). The molecule has 2 N–H and O–H groups in total. The van der Waals surface area contributed by atoms with Crippen molar-refractivity contribution in [3.63, 3.8) is 0 Å². The molecule has 0 fully saturated rings. The fraction of sp³-hybridized carbons (Fsp3) is 0.133. The number of thioether (sulfide) groups is 1. The molecule has 0 radical (unpaired) electrons. The van der Waals surface area contributed by atoms with Crippen LogP contribution in [0.4, 0.5) is 5.69 Å². The summed E-state index contributed by atoms with van der Waals surface area (Å²) in [6.45, 7) is 0. The summed E-state index contributed by atoms with van der Waals surface area (Å²) in [5, 5.41) is 12.4. The molecule has 104 valence electrons. The summed E-state index contributed by atoms with van der Waals surface area (Å²) < 4.78 is 5.05. The Morgan fingerprint density at radius 3 is 2.55 bits per heavy atom. The first-order valence-corrected chi connectivity index (χ1v) is 7.02. The van der Waals surface area contributed by atoms with Gasteiger partial charge in [-0.3, -0.25) is 4.79 Å². The van der Waals surface area contributed by atoms with E-state index in [9.17, 15) is 9.90 Å². The summed E-state index contributed by atoms with van der Waals surface area (Å²) in [5.74, 6) is 1.05. The van der Waals surface area contributed by atoms with Crippen LogP contribution < -0.4 is 10.1 Å². The molecular weight excluding hydrogens is 274 g/mol. The molecule has 2 aromatic carbocycles. The molecular formula is C15H15NO3S. The molecule has 1 amide bonds. The molecule has 2 aromatic rings. The standard InChI is InChI=1S/C15H15NO3S/c1-19-12-8-6-11(7-9-12)16-15(18)10-20-14-5-3-2-4-13(14)17/h2-9,17H,10H2,1H3,(H,16,18). The zero-order valence-corrected chi connectivity index (χ0v) is 11.8. The summed E-state index contributed by atoms with van der Waals surface area (Å²) in [6, 6.07) is 14.1. The second kappa shape index (κ2) is 6.86. The average Bonchev–Trinajstić information content (AvgIpc) is 2.47. The predicted molar refractivity (Wildman–Crippen MR) is 80.5 cm³/mol. The molecule has 0 unspecified atom stereocenters. The number of amides is 1. The van der Waals surface area contributed by atoms with Gasteiger partial charge in [-0.25, -0.2) is 0 Å². The molecule has 0 aliphatic heterocycles. The van der Waals surface area contributed by atoms with E-state index in [2.05, 4.69) is 5.32 Å². The smallest absolute Gasteiger partial charge is 0.234 e. The Hall–Kier alpha value is -2.14. The van der Waals surface area contributed by atoms with E-state index in [-0.39, 0.29) is 17.4 Å². The number of carbonyl (C=O) groups excluding carboxylic acids is 1. The van der Waals surface area contributed by atoms with Crippen molar-refractivity contribution in [2.75, 3.05) is 18.2 Å². The van der Waals surface area contributed by atoms with Crippen molar-refractivity contribution >= 4 is 23.4 Å². The van der Waals surface area contributed by atoms with Gasteiger partial charge < -0.3 is 15.2 Å². The highest BCUT2D eigenvalue weighted by Crippen LogP contribution is 2.27. The molecule has 0 saturated carbocycles. The molecule has 20 heavy (non-hydrogen) atoms. The van der Waals surface area contributed by atoms with Gasteiger partial charge >= 0.3 is 0 Å². The van der Waals surface area contributed by atoms with Crippen LogP contribution in [0, 0.1) is 0 Å². The fourth-order valence-corrected chi connectivity index (χ4v) is 2.34. The highest BCUT2D eigenvalue weighted by atomic mass is 32.2. The van der Waals surface area contributed by atoms with Crippen molar-refractivity contribution in [2.24, 2.45) is 0 Å². The van der Waals surface area contributed by atoms with Crippen molar-refractivity contribution in [3.8, 4) is 11.5 Å². The van der Waals surface area contributed by atoms with Crippen molar-refractivity contribution in [1.82, 2.24) is 0 Å². The maximum Gasteiger partial charge on any atom is 0.234 e. The summed E-state index contributed by atoms with van der Waals surface area (Å²) in [7, 11) is 1.59. The largest absolute Gasteiger partial charge is 0.507 e. The van der Waals surface area contributed by atoms with Crippen molar-refractivity contribution in [2.45, 2.75) is 4.90 Å². The van der Waals surface area contributed by atoms with Crippen molar-refractivity contribution < 1.29 is 14.6 Å². The molecule has 0 saturated heterocycles. The van der Waals surface area contributed by atoms with Crippen LogP contribution in [0.15, 0.2) is 53.4 Å². The number of carbonyl (C=O) groups is 1. The van der Waals surface area contributed by atoms with Gasteiger partial charge in [-0.15, -0.1) is 11.8 Å². The van der Waals surface area contributed by atoms with E-state index < -0.39 is 0 Å². The van der Waals surface area contributed by atoms with Crippen LogP contribution in [-0.2, 0) is 4.79 Å². The molecule has 0 aliphatic rings. The van der Waals surface area contributed by atoms with Crippen LogP contribution in [0.25, 0.3) is 0 Å². The van der Waals surface area contributed by atoms with Gasteiger partial charge in [0.15, 0.2) is 0 Å². The number of phenols is 1. The van der Waals surface area contributed by atoms with Crippen LogP contribution in [-0.4, -0.2) is 23.9 Å². The first-order chi connectivity index (χ1) is 9.69. The van der Waals surface area contributed by atoms with E-state index in [4.69, 9.17) is 4.74 Å². The minimum Gasteiger partial charge on any atom is -0.507 e. The molecule has 0 aliphatic carbocycles. The Labute approximate surface area is 121 Å². The Kier molecular flexibility index (Phi) is 4.90. The number of phenolic OH excluding ortho intramolecular Hbond substituents is 1. The molecule has 4 nitrogen and oxygen atoms in total. The highest BCUT2D eigenvalue weighted by molar-refractivity contribution is 8.00. The monoisotopic (exact) mass is 289 g/mol. The fourth-order valence-electron chi connectivity index (χ4n) is 1.59. The lowest BCUT2D eigenvalue weighted by molar-refractivity contribution is -0.113. The number of benzene rings is 2. The lowest BCUT2D eigenvalue weighted by Gasteiger charge is -2.07. The van der Waals surface area contributed by atoms with Crippen LogP contribution in [0.3, 0.4) is 0 Å². The van der Waals surface area contributed by atoms with E-state index in [1.165, 1.54) is 11.8 Å². The van der Waals surface area contributed by atoms with Gasteiger partial charge in [0.25, 0.3) is 0 Å². The van der Waals surface area contributed by atoms with E-state index >= 15 is 0 Å². The van der Waals surface area contributed by atoms with Gasteiger partial charge in [0.05, 0.1) is 12.9 Å². The Morgan fingerprint density at radius 2 is 1.90 bits per heavy atom. The second-order valence-corrected chi connectivity index (χ2v) is 5.05. The van der Waals surface area contributed by atoms with E-state index in [1.807, 2.05) is 6.07 Å².